The summed E-state index contributed by atoms with van der Waals surface area (Å²) < 4.78 is 1.91. The Morgan fingerprint density at radius 1 is 1.17 bits per heavy atom. The number of carbonyl (C=O) groups is 1. The number of aryl methyl sites for hydroxylation is 1. The van der Waals surface area contributed by atoms with Gasteiger partial charge in [0.2, 0.25) is 0 Å². The Labute approximate surface area is 149 Å². The van der Waals surface area contributed by atoms with E-state index in [4.69, 9.17) is 16.7 Å². The minimum Gasteiger partial charge on any atom is -0.481 e. The number of carboxylic acids is 1. The lowest BCUT2D eigenvalue weighted by atomic mass is 9.91. The Kier molecular flexibility index (Phi) is 9.38. The zero-order chi connectivity index (χ0) is 17.9. The standard InChI is InChI=1S/C9H16O2.C7H6ClN3.C2H6/c10-9(11)8-6-4-2-1-3-5-7-8;1-11-3-2-5-6(8)9-4-10-7(5)11;1-2/h8H,1-7H2,(H,10,11);2-4H,1H3;1-2H3. The molecule has 0 aliphatic heterocycles. The Morgan fingerprint density at radius 3 is 2.29 bits per heavy atom. The van der Waals surface area contributed by atoms with Crippen molar-refractivity contribution < 1.29 is 9.90 Å². The van der Waals surface area contributed by atoms with Crippen LogP contribution in [0.25, 0.3) is 11.0 Å². The summed E-state index contributed by atoms with van der Waals surface area (Å²) in [5.74, 6) is -0.637. The largest absolute Gasteiger partial charge is 0.481 e. The maximum atomic E-state index is 10.6. The first kappa shape index (κ1) is 20.4. The molecule has 1 fully saturated rings. The van der Waals surface area contributed by atoms with E-state index in [0.717, 1.165) is 36.7 Å². The van der Waals surface area contributed by atoms with Crippen molar-refractivity contribution in [2.45, 2.75) is 58.8 Å². The summed E-state index contributed by atoms with van der Waals surface area (Å²) in [6, 6.07) is 1.90. The van der Waals surface area contributed by atoms with Crippen LogP contribution >= 0.6 is 11.6 Å². The molecule has 2 aromatic rings. The normalized spacial score (nSPS) is 15.3. The Bertz CT molecular complexity index is 620. The van der Waals surface area contributed by atoms with Gasteiger partial charge in [-0.1, -0.05) is 57.6 Å². The van der Waals surface area contributed by atoms with Gasteiger partial charge in [0, 0.05) is 13.2 Å². The number of fused-ring (bicyclic) bond motifs is 1. The van der Waals surface area contributed by atoms with Gasteiger partial charge < -0.3 is 9.67 Å². The molecule has 2 aromatic heterocycles. The van der Waals surface area contributed by atoms with Crippen molar-refractivity contribution in [3.63, 3.8) is 0 Å². The highest BCUT2D eigenvalue weighted by Gasteiger charge is 2.17. The number of hydrogen-bond acceptors (Lipinski definition) is 3. The quantitative estimate of drug-likeness (QED) is 0.726. The first-order chi connectivity index (χ1) is 11.6. The maximum absolute atomic E-state index is 10.6. The van der Waals surface area contributed by atoms with Gasteiger partial charge in [-0.05, 0) is 18.9 Å². The molecule has 0 bridgehead atoms. The smallest absolute Gasteiger partial charge is 0.306 e. The van der Waals surface area contributed by atoms with Gasteiger partial charge in [-0.3, -0.25) is 4.79 Å². The average Bonchev–Trinajstić information content (AvgIpc) is 2.92. The molecular weight excluding hydrogens is 326 g/mol. The molecule has 1 N–H and O–H groups in total. The fourth-order valence-corrected chi connectivity index (χ4v) is 2.94. The molecule has 24 heavy (non-hydrogen) atoms. The van der Waals surface area contributed by atoms with E-state index in [0.29, 0.717) is 5.15 Å². The van der Waals surface area contributed by atoms with Crippen LogP contribution in [0.4, 0.5) is 0 Å². The summed E-state index contributed by atoms with van der Waals surface area (Å²) in [4.78, 5) is 18.5. The van der Waals surface area contributed by atoms with Crippen LogP contribution in [0.15, 0.2) is 18.6 Å². The highest BCUT2D eigenvalue weighted by Crippen LogP contribution is 2.22. The van der Waals surface area contributed by atoms with E-state index in [9.17, 15) is 4.79 Å². The molecule has 5 nitrogen and oxygen atoms in total. The summed E-state index contributed by atoms with van der Waals surface area (Å²) >= 11 is 5.81. The molecule has 0 saturated heterocycles. The van der Waals surface area contributed by atoms with Gasteiger partial charge >= 0.3 is 5.97 Å². The summed E-state index contributed by atoms with van der Waals surface area (Å²) in [5, 5.41) is 10.2. The van der Waals surface area contributed by atoms with Crippen molar-refractivity contribution in [1.82, 2.24) is 14.5 Å². The molecule has 134 valence electrons. The lowest BCUT2D eigenvalue weighted by molar-refractivity contribution is -0.142. The minimum absolute atomic E-state index is 0.0460. The zero-order valence-corrected chi connectivity index (χ0v) is 15.6. The van der Waals surface area contributed by atoms with Crippen LogP contribution in [0.5, 0.6) is 0 Å². The fraction of sp³-hybridized carbons (Fsp3) is 0.611. The second-order valence-corrected chi connectivity index (χ2v) is 6.07. The molecule has 0 radical (unpaired) electrons. The number of halogens is 1. The van der Waals surface area contributed by atoms with Crippen molar-refractivity contribution in [2.24, 2.45) is 13.0 Å². The molecule has 0 spiro atoms. The molecule has 1 saturated carbocycles. The third-order valence-corrected chi connectivity index (χ3v) is 4.37. The summed E-state index contributed by atoms with van der Waals surface area (Å²) in [6.07, 6.45) is 11.1. The molecule has 0 unspecified atom stereocenters. The average molecular weight is 354 g/mol. The molecule has 0 atom stereocenters. The molecule has 0 aromatic carbocycles. The predicted molar refractivity (Wildman–Crippen MR) is 98.3 cm³/mol. The first-order valence-corrected chi connectivity index (χ1v) is 9.11. The molecular formula is C18H28ClN3O2. The van der Waals surface area contributed by atoms with Crippen molar-refractivity contribution >= 4 is 28.6 Å². The van der Waals surface area contributed by atoms with Crippen LogP contribution in [-0.2, 0) is 11.8 Å². The SMILES string of the molecule is CC.Cn1ccc2c(Cl)ncnc21.O=C(O)C1CCCCCCC1. The molecule has 1 aliphatic carbocycles. The maximum Gasteiger partial charge on any atom is 0.306 e. The molecule has 6 heteroatoms. The number of aromatic nitrogens is 3. The molecule has 1 aliphatic rings. The summed E-state index contributed by atoms with van der Waals surface area (Å²) in [6.45, 7) is 4.00. The van der Waals surface area contributed by atoms with Gasteiger partial charge in [-0.2, -0.15) is 0 Å². The van der Waals surface area contributed by atoms with Crippen LogP contribution in [0.2, 0.25) is 5.15 Å². The molecule has 2 heterocycles. The number of carboxylic acid groups (broad SMARTS) is 1. The highest BCUT2D eigenvalue weighted by molar-refractivity contribution is 6.33. The van der Waals surface area contributed by atoms with E-state index in [1.165, 1.54) is 25.6 Å². The van der Waals surface area contributed by atoms with E-state index in [1.807, 2.05) is 37.7 Å². The van der Waals surface area contributed by atoms with Crippen molar-refractivity contribution in [3.05, 3.63) is 23.7 Å². The predicted octanol–water partition coefficient (Wildman–Crippen LogP) is 5.08. The first-order valence-electron chi connectivity index (χ1n) is 8.74. The van der Waals surface area contributed by atoms with E-state index in [1.54, 1.807) is 0 Å². The highest BCUT2D eigenvalue weighted by atomic mass is 35.5. The van der Waals surface area contributed by atoms with Gasteiger partial charge in [0.1, 0.15) is 17.1 Å². The van der Waals surface area contributed by atoms with Crippen molar-refractivity contribution in [2.75, 3.05) is 0 Å². The van der Waals surface area contributed by atoms with Crippen molar-refractivity contribution in [1.29, 1.82) is 0 Å². The number of rotatable bonds is 1. The lowest BCUT2D eigenvalue weighted by Gasteiger charge is -2.14. The van der Waals surface area contributed by atoms with E-state index < -0.39 is 5.97 Å². The second kappa shape index (κ2) is 11.0. The van der Waals surface area contributed by atoms with E-state index >= 15 is 0 Å². The van der Waals surface area contributed by atoms with Gasteiger partial charge in [-0.25, -0.2) is 9.97 Å². The van der Waals surface area contributed by atoms with E-state index in [2.05, 4.69) is 9.97 Å². The third-order valence-electron chi connectivity index (χ3n) is 4.07. The third kappa shape index (κ3) is 6.11. The minimum atomic E-state index is -0.591. The van der Waals surface area contributed by atoms with Gasteiger partial charge in [0.15, 0.2) is 0 Å². The van der Waals surface area contributed by atoms with Crippen LogP contribution in [0.3, 0.4) is 0 Å². The van der Waals surface area contributed by atoms with Gasteiger partial charge in [-0.15, -0.1) is 0 Å². The number of nitrogens with zero attached hydrogens (tertiary/aromatic N) is 3. The topological polar surface area (TPSA) is 68.0 Å². The van der Waals surface area contributed by atoms with E-state index in [-0.39, 0.29) is 5.92 Å². The second-order valence-electron chi connectivity index (χ2n) is 5.71. The summed E-state index contributed by atoms with van der Waals surface area (Å²) in [5.41, 5.74) is 0.866. The fourth-order valence-electron chi connectivity index (χ4n) is 2.75. The van der Waals surface area contributed by atoms with Crippen LogP contribution in [0.1, 0.15) is 58.8 Å². The van der Waals surface area contributed by atoms with Gasteiger partial charge in [0.25, 0.3) is 0 Å². The monoisotopic (exact) mass is 353 g/mol. The Hall–Kier alpha value is -1.62. The molecule has 0 amide bonds. The Balaban J connectivity index is 0.000000218. The van der Waals surface area contributed by atoms with Crippen LogP contribution in [-0.4, -0.2) is 25.6 Å². The Morgan fingerprint density at radius 2 is 1.75 bits per heavy atom. The zero-order valence-electron chi connectivity index (χ0n) is 14.8. The van der Waals surface area contributed by atoms with Gasteiger partial charge in [0.05, 0.1) is 11.3 Å². The van der Waals surface area contributed by atoms with Crippen LogP contribution < -0.4 is 0 Å². The van der Waals surface area contributed by atoms with Crippen LogP contribution in [0, 0.1) is 5.92 Å². The molecule has 3 rings (SSSR count). The summed E-state index contributed by atoms with van der Waals surface area (Å²) in [7, 11) is 1.92. The van der Waals surface area contributed by atoms with Crippen molar-refractivity contribution in [3.8, 4) is 0 Å². The number of aliphatic carboxylic acids is 1. The number of hydrogen-bond donors (Lipinski definition) is 1. The lowest BCUT2D eigenvalue weighted by Crippen LogP contribution is -2.14.